The maximum atomic E-state index is 9.67. The summed E-state index contributed by atoms with van der Waals surface area (Å²) in [6.45, 7) is 0. The van der Waals surface area contributed by atoms with Crippen molar-refractivity contribution in [3.05, 3.63) is 52.4 Å². The molecule has 0 bridgehead atoms. The van der Waals surface area contributed by atoms with Crippen molar-refractivity contribution in [1.82, 2.24) is 4.98 Å². The number of aliphatic imine (C=N–C) groups is 1. The van der Waals surface area contributed by atoms with Gasteiger partial charge in [0, 0.05) is 16.7 Å². The first-order valence-electron chi connectivity index (χ1n) is 8.26. The van der Waals surface area contributed by atoms with Crippen LogP contribution in [0.2, 0.25) is 0 Å². The largest absolute Gasteiger partial charge is 0.504 e. The van der Waals surface area contributed by atoms with Gasteiger partial charge in [-0.2, -0.15) is 0 Å². The molecule has 1 aromatic heterocycles. The molecule has 0 saturated carbocycles. The van der Waals surface area contributed by atoms with Crippen LogP contribution in [0, 0.1) is 0 Å². The first-order valence-corrected chi connectivity index (χ1v) is 9.07. The number of ether oxygens (including phenoxy) is 2. The Kier molecular flexibility index (Phi) is 4.34. The van der Waals surface area contributed by atoms with Crippen molar-refractivity contribution in [2.24, 2.45) is 4.99 Å². The molecule has 1 aliphatic carbocycles. The zero-order valence-corrected chi connectivity index (χ0v) is 15.3. The van der Waals surface area contributed by atoms with Crippen molar-refractivity contribution in [3.63, 3.8) is 0 Å². The van der Waals surface area contributed by atoms with E-state index in [1.165, 1.54) is 17.6 Å². The van der Waals surface area contributed by atoms with E-state index in [2.05, 4.69) is 17.1 Å². The lowest BCUT2D eigenvalue weighted by Crippen LogP contribution is -2.02. The SMILES string of the molecule is COc1ccc2c(c1)CCc1sc(N=Cc3ccc(O)c(OC)c3)nc1-2. The normalized spacial score (nSPS) is 12.7. The van der Waals surface area contributed by atoms with Gasteiger partial charge in [0.25, 0.3) is 0 Å². The molecule has 26 heavy (non-hydrogen) atoms. The molecule has 1 N–H and O–H groups in total. The lowest BCUT2D eigenvalue weighted by molar-refractivity contribution is 0.373. The topological polar surface area (TPSA) is 63.9 Å². The van der Waals surface area contributed by atoms with Gasteiger partial charge in [-0.05, 0) is 60.4 Å². The molecule has 0 atom stereocenters. The van der Waals surface area contributed by atoms with Gasteiger partial charge < -0.3 is 14.6 Å². The molecule has 1 heterocycles. The summed E-state index contributed by atoms with van der Waals surface area (Å²) in [5, 5.41) is 10.4. The van der Waals surface area contributed by atoms with E-state index in [0.29, 0.717) is 5.75 Å². The van der Waals surface area contributed by atoms with Gasteiger partial charge in [-0.1, -0.05) is 11.3 Å². The van der Waals surface area contributed by atoms with Gasteiger partial charge in [0.05, 0.1) is 19.9 Å². The minimum Gasteiger partial charge on any atom is -0.504 e. The first kappa shape index (κ1) is 16.6. The summed E-state index contributed by atoms with van der Waals surface area (Å²) in [5.74, 6) is 1.42. The van der Waals surface area contributed by atoms with E-state index >= 15 is 0 Å². The molecule has 6 heteroatoms. The Balaban J connectivity index is 1.63. The monoisotopic (exact) mass is 366 g/mol. The summed E-state index contributed by atoms with van der Waals surface area (Å²) < 4.78 is 10.4. The second-order valence-electron chi connectivity index (χ2n) is 5.98. The number of phenols is 1. The van der Waals surface area contributed by atoms with E-state index in [1.54, 1.807) is 42.9 Å². The van der Waals surface area contributed by atoms with Crippen LogP contribution in [0.4, 0.5) is 5.13 Å². The molecular weight excluding hydrogens is 348 g/mol. The summed E-state index contributed by atoms with van der Waals surface area (Å²) in [6, 6.07) is 11.3. The average Bonchev–Trinajstić information content (AvgIpc) is 3.10. The highest BCUT2D eigenvalue weighted by Gasteiger charge is 2.21. The molecule has 0 radical (unpaired) electrons. The molecule has 0 amide bonds. The minimum atomic E-state index is 0.112. The number of nitrogens with zero attached hydrogens (tertiary/aromatic N) is 2. The van der Waals surface area contributed by atoms with Gasteiger partial charge in [-0.25, -0.2) is 9.98 Å². The molecule has 1 aliphatic rings. The number of thiazole rings is 1. The van der Waals surface area contributed by atoms with Gasteiger partial charge in [0.15, 0.2) is 11.5 Å². The zero-order valence-electron chi connectivity index (χ0n) is 14.5. The standard InChI is InChI=1S/C20H18N2O3S/c1-24-14-5-6-15-13(10-14)4-8-18-19(15)22-20(26-18)21-11-12-3-7-16(23)17(9-12)25-2/h3,5-7,9-11,23H,4,8H2,1-2H3. The van der Waals surface area contributed by atoms with E-state index in [9.17, 15) is 5.11 Å². The van der Waals surface area contributed by atoms with Gasteiger partial charge >= 0.3 is 0 Å². The lowest BCUT2D eigenvalue weighted by Gasteiger charge is -2.15. The molecule has 0 fully saturated rings. The third kappa shape index (κ3) is 3.04. The maximum Gasteiger partial charge on any atom is 0.209 e. The average molecular weight is 366 g/mol. The first-order chi connectivity index (χ1) is 12.7. The Morgan fingerprint density at radius 2 is 2.00 bits per heavy atom. The van der Waals surface area contributed by atoms with Crippen LogP contribution in [-0.4, -0.2) is 30.5 Å². The van der Waals surface area contributed by atoms with Gasteiger partial charge in [0.2, 0.25) is 5.13 Å². The Hall–Kier alpha value is -2.86. The van der Waals surface area contributed by atoms with Crippen molar-refractivity contribution in [1.29, 1.82) is 0 Å². The fourth-order valence-electron chi connectivity index (χ4n) is 3.06. The molecular formula is C20H18N2O3S. The molecule has 2 aromatic carbocycles. The van der Waals surface area contributed by atoms with Crippen molar-refractivity contribution < 1.29 is 14.6 Å². The van der Waals surface area contributed by atoms with Crippen LogP contribution in [0.1, 0.15) is 16.0 Å². The summed E-state index contributed by atoms with van der Waals surface area (Å²) in [6.07, 6.45) is 3.69. The Morgan fingerprint density at radius 1 is 1.12 bits per heavy atom. The number of aromatic hydroxyl groups is 1. The van der Waals surface area contributed by atoms with Crippen molar-refractivity contribution in [2.45, 2.75) is 12.8 Å². The quantitative estimate of drug-likeness (QED) is 0.696. The van der Waals surface area contributed by atoms with Crippen LogP contribution in [0.5, 0.6) is 17.2 Å². The molecule has 0 unspecified atom stereocenters. The summed E-state index contributed by atoms with van der Waals surface area (Å²) in [5.41, 5.74) is 4.30. The zero-order chi connectivity index (χ0) is 18.1. The smallest absolute Gasteiger partial charge is 0.209 e. The molecule has 3 aromatic rings. The number of fused-ring (bicyclic) bond motifs is 3. The molecule has 0 aliphatic heterocycles. The summed E-state index contributed by atoms with van der Waals surface area (Å²) in [7, 11) is 3.21. The molecule has 0 saturated heterocycles. The number of benzene rings is 2. The fraction of sp³-hybridized carbons (Fsp3) is 0.200. The van der Waals surface area contributed by atoms with Crippen LogP contribution in [0.25, 0.3) is 11.3 Å². The fourth-order valence-corrected chi connectivity index (χ4v) is 3.98. The lowest BCUT2D eigenvalue weighted by atomic mass is 9.93. The number of hydrogen-bond donors (Lipinski definition) is 1. The van der Waals surface area contributed by atoms with Crippen LogP contribution in [0.3, 0.4) is 0 Å². The summed E-state index contributed by atoms with van der Waals surface area (Å²) in [4.78, 5) is 10.5. The number of aryl methyl sites for hydroxylation is 2. The third-order valence-electron chi connectivity index (χ3n) is 4.40. The van der Waals surface area contributed by atoms with Gasteiger partial charge in [-0.3, -0.25) is 0 Å². The number of hydrogen-bond acceptors (Lipinski definition) is 6. The third-order valence-corrected chi connectivity index (χ3v) is 5.43. The van der Waals surface area contributed by atoms with Crippen LogP contribution in [-0.2, 0) is 12.8 Å². The van der Waals surface area contributed by atoms with E-state index in [4.69, 9.17) is 14.5 Å². The summed E-state index contributed by atoms with van der Waals surface area (Å²) >= 11 is 1.62. The van der Waals surface area contributed by atoms with Crippen molar-refractivity contribution >= 4 is 22.7 Å². The molecule has 132 valence electrons. The van der Waals surface area contributed by atoms with E-state index in [-0.39, 0.29) is 5.75 Å². The van der Waals surface area contributed by atoms with Crippen LogP contribution in [0.15, 0.2) is 41.4 Å². The Bertz CT molecular complexity index is 995. The van der Waals surface area contributed by atoms with Crippen LogP contribution >= 0.6 is 11.3 Å². The highest BCUT2D eigenvalue weighted by atomic mass is 32.1. The number of methoxy groups -OCH3 is 2. The molecule has 5 nitrogen and oxygen atoms in total. The minimum absolute atomic E-state index is 0.112. The number of phenolic OH excluding ortho intramolecular Hbond substituents is 1. The highest BCUT2D eigenvalue weighted by molar-refractivity contribution is 7.15. The van der Waals surface area contributed by atoms with E-state index in [1.807, 2.05) is 6.07 Å². The predicted molar refractivity (Wildman–Crippen MR) is 103 cm³/mol. The van der Waals surface area contributed by atoms with Gasteiger partial charge in [-0.15, -0.1) is 0 Å². The number of rotatable bonds is 4. The van der Waals surface area contributed by atoms with Gasteiger partial charge in [0.1, 0.15) is 5.75 Å². The maximum absolute atomic E-state index is 9.67. The van der Waals surface area contributed by atoms with Crippen molar-refractivity contribution in [3.8, 4) is 28.5 Å². The second kappa shape index (κ2) is 6.80. The predicted octanol–water partition coefficient (Wildman–Crippen LogP) is 4.38. The molecule has 4 rings (SSSR count). The highest BCUT2D eigenvalue weighted by Crippen LogP contribution is 2.40. The second-order valence-corrected chi connectivity index (χ2v) is 7.04. The molecule has 0 spiro atoms. The van der Waals surface area contributed by atoms with E-state index in [0.717, 1.165) is 40.5 Å². The van der Waals surface area contributed by atoms with E-state index < -0.39 is 0 Å². The van der Waals surface area contributed by atoms with Crippen LogP contribution < -0.4 is 9.47 Å². The number of aromatic nitrogens is 1. The Labute approximate surface area is 155 Å². The van der Waals surface area contributed by atoms with Crippen molar-refractivity contribution in [2.75, 3.05) is 14.2 Å². The Morgan fingerprint density at radius 3 is 2.81 bits per heavy atom.